The van der Waals surface area contributed by atoms with Crippen molar-refractivity contribution < 1.29 is 34.1 Å². The number of pyridine rings is 1. The van der Waals surface area contributed by atoms with Crippen molar-refractivity contribution >= 4 is 52.1 Å². The summed E-state index contributed by atoms with van der Waals surface area (Å²) in [6.45, 7) is 9.44. The van der Waals surface area contributed by atoms with Crippen LogP contribution in [-0.4, -0.2) is 90.2 Å². The van der Waals surface area contributed by atoms with Gasteiger partial charge in [0.15, 0.2) is 0 Å². The molecule has 0 radical (unpaired) electrons. The molecule has 3 heterocycles. The maximum atomic E-state index is 12.5. The maximum Gasteiger partial charge on any atom is 0.368 e. The molecule has 12 heteroatoms. The van der Waals surface area contributed by atoms with Gasteiger partial charge in [-0.1, -0.05) is 43.2 Å². The van der Waals surface area contributed by atoms with Gasteiger partial charge >= 0.3 is 11.9 Å². The quantitative estimate of drug-likeness (QED) is 0.107. The van der Waals surface area contributed by atoms with Gasteiger partial charge in [-0.3, -0.25) is 9.69 Å². The predicted molar refractivity (Wildman–Crippen MR) is 190 cm³/mol. The molecule has 1 aliphatic carbocycles. The van der Waals surface area contributed by atoms with Crippen LogP contribution in [-0.2, 0) is 14.3 Å². The van der Waals surface area contributed by atoms with Gasteiger partial charge in [-0.25, -0.2) is 14.6 Å². The smallest absolute Gasteiger partial charge is 0.368 e. The molecule has 1 aliphatic heterocycles. The minimum absolute atomic E-state index is 0.167. The summed E-state index contributed by atoms with van der Waals surface area (Å²) in [6.07, 6.45) is 6.76. The van der Waals surface area contributed by atoms with Crippen LogP contribution < -0.4 is 9.64 Å². The van der Waals surface area contributed by atoms with Crippen molar-refractivity contribution in [2.24, 2.45) is 5.41 Å². The molecule has 0 unspecified atom stereocenters. The van der Waals surface area contributed by atoms with Gasteiger partial charge in [0.2, 0.25) is 6.29 Å². The number of piperazine rings is 1. The van der Waals surface area contributed by atoms with E-state index >= 15 is 0 Å². The molecule has 1 saturated heterocycles. The van der Waals surface area contributed by atoms with Crippen LogP contribution in [0, 0.1) is 5.41 Å². The third kappa shape index (κ3) is 9.91. The van der Waals surface area contributed by atoms with Gasteiger partial charge in [0, 0.05) is 68.2 Å². The van der Waals surface area contributed by atoms with E-state index in [9.17, 15) is 4.79 Å². The summed E-state index contributed by atoms with van der Waals surface area (Å²) in [5.74, 6) is -0.835. The molecule has 0 saturated carbocycles. The van der Waals surface area contributed by atoms with Gasteiger partial charge in [-0.05, 0) is 72.2 Å². The van der Waals surface area contributed by atoms with E-state index in [2.05, 4.69) is 45.7 Å². The second kappa shape index (κ2) is 17.1. The number of aliphatic hydroxyl groups is 1. The van der Waals surface area contributed by atoms with Crippen LogP contribution in [0.1, 0.15) is 49.0 Å². The van der Waals surface area contributed by atoms with Crippen LogP contribution in [0.3, 0.4) is 0 Å². The number of benzene rings is 2. The zero-order chi connectivity index (χ0) is 35.6. The Bertz CT molecular complexity index is 1780. The number of esters is 1. The number of hydrogen-bond acceptors (Lipinski definition) is 9. The Morgan fingerprint density at radius 2 is 1.73 bits per heavy atom. The van der Waals surface area contributed by atoms with Gasteiger partial charge in [0.25, 0.3) is 0 Å². The number of fused-ring (bicyclic) bond motifs is 1. The van der Waals surface area contributed by atoms with Crippen molar-refractivity contribution in [2.75, 3.05) is 51.8 Å². The third-order valence-corrected chi connectivity index (χ3v) is 8.86. The number of carboxylic acids is 1. The van der Waals surface area contributed by atoms with Crippen LogP contribution >= 0.6 is 11.6 Å². The highest BCUT2D eigenvalue weighted by Gasteiger charge is 2.29. The van der Waals surface area contributed by atoms with E-state index in [0.29, 0.717) is 22.5 Å². The number of anilines is 1. The molecule has 0 spiro atoms. The normalized spacial score (nSPS) is 15.8. The van der Waals surface area contributed by atoms with Crippen molar-refractivity contribution in [3.05, 3.63) is 88.7 Å². The summed E-state index contributed by atoms with van der Waals surface area (Å²) in [6, 6.07) is 17.9. The predicted octanol–water partition coefficient (Wildman–Crippen LogP) is 6.46. The molecule has 2 aliphatic rings. The minimum atomic E-state index is -1.43. The SMILES string of the molecule is CO.COC(=O)c1ccc(N2CCN(CC3=C(c4ccc(Cl)cc4)CC(C)(C)CC3)CC2)cc1Oc1cnc2[nH]ccc2c1.O=CC(=O)O. The summed E-state index contributed by atoms with van der Waals surface area (Å²) < 4.78 is 11.2. The molecule has 2 aromatic carbocycles. The number of aldehydes is 1. The van der Waals surface area contributed by atoms with Crippen molar-refractivity contribution in [3.63, 3.8) is 0 Å². The lowest BCUT2D eigenvalue weighted by atomic mass is 9.72. The van der Waals surface area contributed by atoms with Crippen LogP contribution in [0.5, 0.6) is 11.5 Å². The van der Waals surface area contributed by atoms with Crippen molar-refractivity contribution in [1.29, 1.82) is 0 Å². The number of methoxy groups -OCH3 is 1. The van der Waals surface area contributed by atoms with E-state index in [1.807, 2.05) is 42.6 Å². The number of aromatic amines is 1. The number of nitrogens with zero attached hydrogens (tertiary/aromatic N) is 3. The minimum Gasteiger partial charge on any atom is -0.476 e. The Balaban J connectivity index is 0.000000710. The highest BCUT2D eigenvalue weighted by atomic mass is 35.5. The zero-order valence-electron chi connectivity index (χ0n) is 28.2. The monoisotopic (exact) mass is 690 g/mol. The van der Waals surface area contributed by atoms with Crippen LogP contribution in [0.15, 0.2) is 72.6 Å². The number of hydrogen-bond donors (Lipinski definition) is 3. The molecule has 0 bridgehead atoms. The number of aliphatic hydroxyl groups excluding tert-OH is 1. The van der Waals surface area contributed by atoms with E-state index < -0.39 is 11.9 Å². The van der Waals surface area contributed by atoms with Gasteiger partial charge in [-0.15, -0.1) is 0 Å². The first-order chi connectivity index (χ1) is 23.5. The molecule has 0 atom stereocenters. The lowest BCUT2D eigenvalue weighted by molar-refractivity contribution is -0.143. The average molecular weight is 691 g/mol. The standard InChI is InChI=1S/C34H37ClN4O3.C2H2O3.CH4O/c1-34(2)12-10-25(30(20-34)23-4-6-26(35)7-5-23)22-38-14-16-39(17-15-38)27-8-9-29(33(40)41-3)31(19-27)42-28-18-24-11-13-36-32(24)37-21-28;3-1-2(4)5;1-2/h4-9,11,13,18-19,21H,10,12,14-17,20,22H2,1-3H3,(H,36,37);1H,(H,4,5);2H,1H3. The Morgan fingerprint density at radius 1 is 1.04 bits per heavy atom. The van der Waals surface area contributed by atoms with Crippen molar-refractivity contribution in [3.8, 4) is 11.5 Å². The number of allylic oxidation sites excluding steroid dienone is 1. The molecule has 6 rings (SSSR count). The Hall–Kier alpha value is -4.71. The molecule has 3 N–H and O–H groups in total. The summed E-state index contributed by atoms with van der Waals surface area (Å²) in [7, 11) is 2.38. The van der Waals surface area contributed by atoms with Crippen LogP contribution in [0.4, 0.5) is 5.69 Å². The average Bonchev–Trinajstić information content (AvgIpc) is 3.58. The molecular formula is C37H43ClN4O7. The number of carboxylic acid groups (broad SMARTS) is 1. The lowest BCUT2D eigenvalue weighted by Crippen LogP contribution is -2.47. The molecule has 2 aromatic heterocycles. The van der Waals surface area contributed by atoms with E-state index in [1.54, 1.807) is 17.8 Å². The number of carbonyl (C=O) groups is 3. The Labute approximate surface area is 291 Å². The number of halogens is 1. The van der Waals surface area contributed by atoms with Gasteiger partial charge in [0.05, 0.1) is 13.3 Å². The fraction of sp³-hybridized carbons (Fsp3) is 0.351. The Morgan fingerprint density at radius 3 is 2.39 bits per heavy atom. The largest absolute Gasteiger partial charge is 0.476 e. The second-order valence-corrected chi connectivity index (χ2v) is 12.9. The Kier molecular flexibility index (Phi) is 13.0. The number of carbonyl (C=O) groups excluding carboxylic acids is 2. The molecule has 11 nitrogen and oxygen atoms in total. The van der Waals surface area contributed by atoms with Crippen molar-refractivity contribution in [2.45, 2.75) is 33.1 Å². The van der Waals surface area contributed by atoms with E-state index in [4.69, 9.17) is 40.9 Å². The number of H-pyrrole nitrogens is 1. The van der Waals surface area contributed by atoms with Gasteiger partial charge < -0.3 is 29.6 Å². The van der Waals surface area contributed by atoms with Gasteiger partial charge in [-0.2, -0.15) is 0 Å². The highest BCUT2D eigenvalue weighted by Crippen LogP contribution is 2.43. The summed E-state index contributed by atoms with van der Waals surface area (Å²) in [4.78, 5) is 42.9. The molecule has 1 fully saturated rings. The first-order valence-corrected chi connectivity index (χ1v) is 16.3. The second-order valence-electron chi connectivity index (χ2n) is 12.5. The number of aromatic nitrogens is 2. The number of rotatable bonds is 8. The van der Waals surface area contributed by atoms with E-state index in [-0.39, 0.29) is 6.29 Å². The number of aliphatic carboxylic acids is 1. The topological polar surface area (TPSA) is 145 Å². The first-order valence-electron chi connectivity index (χ1n) is 16.0. The number of ether oxygens (including phenoxy) is 2. The highest BCUT2D eigenvalue weighted by molar-refractivity contribution is 6.30. The van der Waals surface area contributed by atoms with Gasteiger partial charge in [0.1, 0.15) is 22.7 Å². The maximum absolute atomic E-state index is 12.5. The first kappa shape index (κ1) is 37.1. The van der Waals surface area contributed by atoms with E-state index in [1.165, 1.54) is 24.7 Å². The number of nitrogens with one attached hydrogen (secondary N) is 1. The summed E-state index contributed by atoms with van der Waals surface area (Å²) in [5.41, 5.74) is 6.83. The molecule has 0 amide bonds. The molecule has 4 aromatic rings. The summed E-state index contributed by atoms with van der Waals surface area (Å²) in [5, 5.41) is 16.1. The van der Waals surface area contributed by atoms with Crippen LogP contribution in [0.2, 0.25) is 5.02 Å². The fourth-order valence-corrected chi connectivity index (χ4v) is 6.20. The molecular weight excluding hydrogens is 648 g/mol. The zero-order valence-corrected chi connectivity index (χ0v) is 29.0. The molecule has 49 heavy (non-hydrogen) atoms. The van der Waals surface area contributed by atoms with E-state index in [0.717, 1.165) is 74.4 Å². The molecule has 260 valence electrons. The van der Waals surface area contributed by atoms with Crippen LogP contribution in [0.25, 0.3) is 16.6 Å². The lowest BCUT2D eigenvalue weighted by Gasteiger charge is -2.39. The summed E-state index contributed by atoms with van der Waals surface area (Å²) >= 11 is 6.20. The fourth-order valence-electron chi connectivity index (χ4n) is 6.07. The van der Waals surface area contributed by atoms with Crippen molar-refractivity contribution in [1.82, 2.24) is 14.9 Å². The third-order valence-electron chi connectivity index (χ3n) is 8.60.